The van der Waals surface area contributed by atoms with Gasteiger partial charge in [0.25, 0.3) is 0 Å². The van der Waals surface area contributed by atoms with Crippen molar-refractivity contribution in [3.63, 3.8) is 0 Å². The quantitative estimate of drug-likeness (QED) is 0.891. The molecule has 6 heteroatoms. The molecular weight excluding hydrogens is 240 g/mol. The fourth-order valence-corrected chi connectivity index (χ4v) is 2.14. The molecule has 0 aromatic heterocycles. The van der Waals surface area contributed by atoms with Gasteiger partial charge in [-0.1, -0.05) is 6.07 Å². The van der Waals surface area contributed by atoms with Gasteiger partial charge < -0.3 is 4.74 Å². The van der Waals surface area contributed by atoms with Crippen molar-refractivity contribution in [1.82, 2.24) is 4.31 Å². The molecule has 0 saturated heterocycles. The molecule has 0 unspecified atom stereocenters. The Labute approximate surface area is 103 Å². The van der Waals surface area contributed by atoms with Crippen LogP contribution in [0.25, 0.3) is 0 Å². The number of hydrogen-bond donors (Lipinski definition) is 1. The van der Waals surface area contributed by atoms with E-state index in [0.29, 0.717) is 11.4 Å². The molecule has 0 aliphatic rings. The Hall–Kier alpha value is -1.27. The topological polar surface area (TPSA) is 58.6 Å². The third kappa shape index (κ3) is 3.10. The van der Waals surface area contributed by atoms with Gasteiger partial charge in [-0.15, -0.1) is 0 Å². The van der Waals surface area contributed by atoms with Crippen LogP contribution in [0, 0.1) is 13.8 Å². The van der Waals surface area contributed by atoms with E-state index in [1.807, 2.05) is 19.9 Å². The first-order chi connectivity index (χ1) is 7.77. The van der Waals surface area contributed by atoms with Crippen molar-refractivity contribution in [2.45, 2.75) is 13.8 Å². The molecule has 0 atom stereocenters. The van der Waals surface area contributed by atoms with Crippen molar-refractivity contribution in [3.05, 3.63) is 23.3 Å². The summed E-state index contributed by atoms with van der Waals surface area (Å²) < 4.78 is 32.3. The standard InChI is InChI=1S/C11H18N2O3S/c1-8-6-9(2)11(16-5)10(7-8)12-17(14,15)13(3)4/h6-7,12H,1-5H3. The highest BCUT2D eigenvalue weighted by molar-refractivity contribution is 7.90. The minimum Gasteiger partial charge on any atom is -0.494 e. The van der Waals surface area contributed by atoms with Crippen molar-refractivity contribution >= 4 is 15.9 Å². The van der Waals surface area contributed by atoms with Crippen LogP contribution in [-0.2, 0) is 10.2 Å². The second-order valence-corrected chi connectivity index (χ2v) is 5.94. The van der Waals surface area contributed by atoms with E-state index in [2.05, 4.69) is 4.72 Å². The monoisotopic (exact) mass is 258 g/mol. The van der Waals surface area contributed by atoms with E-state index in [-0.39, 0.29) is 0 Å². The van der Waals surface area contributed by atoms with E-state index in [4.69, 9.17) is 4.74 Å². The summed E-state index contributed by atoms with van der Waals surface area (Å²) in [6, 6.07) is 3.68. The van der Waals surface area contributed by atoms with Crippen molar-refractivity contribution in [2.75, 3.05) is 25.9 Å². The lowest BCUT2D eigenvalue weighted by Crippen LogP contribution is -2.29. The molecule has 0 saturated carbocycles. The average molecular weight is 258 g/mol. The zero-order valence-corrected chi connectivity index (χ0v) is 11.6. The van der Waals surface area contributed by atoms with E-state index >= 15 is 0 Å². The average Bonchev–Trinajstić information content (AvgIpc) is 2.15. The first-order valence-corrected chi connectivity index (χ1v) is 6.57. The summed E-state index contributed by atoms with van der Waals surface area (Å²) in [5.41, 5.74) is 2.32. The van der Waals surface area contributed by atoms with Crippen LogP contribution in [0.15, 0.2) is 12.1 Å². The normalized spacial score (nSPS) is 11.6. The van der Waals surface area contributed by atoms with Crippen LogP contribution in [0.3, 0.4) is 0 Å². The summed E-state index contributed by atoms with van der Waals surface area (Å²) in [5, 5.41) is 0. The Morgan fingerprint density at radius 3 is 2.29 bits per heavy atom. The largest absolute Gasteiger partial charge is 0.494 e. The predicted molar refractivity (Wildman–Crippen MR) is 68.7 cm³/mol. The fraction of sp³-hybridized carbons (Fsp3) is 0.455. The molecular formula is C11H18N2O3S. The van der Waals surface area contributed by atoms with Crippen LogP contribution in [0.1, 0.15) is 11.1 Å². The molecule has 17 heavy (non-hydrogen) atoms. The van der Waals surface area contributed by atoms with Crippen molar-refractivity contribution in [3.8, 4) is 5.75 Å². The number of hydrogen-bond acceptors (Lipinski definition) is 3. The van der Waals surface area contributed by atoms with Crippen LogP contribution < -0.4 is 9.46 Å². The summed E-state index contributed by atoms with van der Waals surface area (Å²) in [7, 11) is 0.944. The van der Waals surface area contributed by atoms with E-state index in [9.17, 15) is 8.42 Å². The lowest BCUT2D eigenvalue weighted by atomic mass is 10.1. The maximum Gasteiger partial charge on any atom is 0.301 e. The lowest BCUT2D eigenvalue weighted by Gasteiger charge is -2.17. The van der Waals surface area contributed by atoms with Crippen molar-refractivity contribution in [1.29, 1.82) is 0 Å². The van der Waals surface area contributed by atoms with Gasteiger partial charge in [0.05, 0.1) is 12.8 Å². The number of benzene rings is 1. The lowest BCUT2D eigenvalue weighted by molar-refractivity contribution is 0.413. The summed E-state index contributed by atoms with van der Waals surface area (Å²) in [6.45, 7) is 3.78. The van der Waals surface area contributed by atoms with Gasteiger partial charge >= 0.3 is 10.2 Å². The van der Waals surface area contributed by atoms with E-state index in [0.717, 1.165) is 15.4 Å². The van der Waals surface area contributed by atoms with Crippen LogP contribution in [-0.4, -0.2) is 33.9 Å². The molecule has 1 aromatic rings. The van der Waals surface area contributed by atoms with Crippen molar-refractivity contribution < 1.29 is 13.2 Å². The Balaban J connectivity index is 3.23. The summed E-state index contributed by atoms with van der Waals surface area (Å²) >= 11 is 0. The second kappa shape index (κ2) is 4.93. The number of rotatable bonds is 4. The zero-order chi connectivity index (χ0) is 13.2. The molecule has 0 fully saturated rings. The number of anilines is 1. The number of methoxy groups -OCH3 is 1. The van der Waals surface area contributed by atoms with Gasteiger partial charge in [0.15, 0.2) is 0 Å². The fourth-order valence-electron chi connectivity index (χ4n) is 1.53. The molecule has 1 rings (SSSR count). The van der Waals surface area contributed by atoms with Gasteiger partial charge in [0.2, 0.25) is 0 Å². The van der Waals surface area contributed by atoms with E-state index < -0.39 is 10.2 Å². The molecule has 0 amide bonds. The summed E-state index contributed by atoms with van der Waals surface area (Å²) in [4.78, 5) is 0. The summed E-state index contributed by atoms with van der Waals surface area (Å²) in [6.07, 6.45) is 0. The van der Waals surface area contributed by atoms with Crippen LogP contribution in [0.2, 0.25) is 0 Å². The maximum absolute atomic E-state index is 11.7. The number of ether oxygens (including phenoxy) is 1. The van der Waals surface area contributed by atoms with Gasteiger partial charge in [0.1, 0.15) is 5.75 Å². The summed E-state index contributed by atoms with van der Waals surface area (Å²) in [5.74, 6) is 0.543. The smallest absolute Gasteiger partial charge is 0.301 e. The highest BCUT2D eigenvalue weighted by Crippen LogP contribution is 2.30. The van der Waals surface area contributed by atoms with Gasteiger partial charge in [-0.2, -0.15) is 12.7 Å². The molecule has 96 valence electrons. The van der Waals surface area contributed by atoms with E-state index in [1.165, 1.54) is 21.2 Å². The van der Waals surface area contributed by atoms with E-state index in [1.54, 1.807) is 6.07 Å². The molecule has 0 spiro atoms. The molecule has 0 aliphatic heterocycles. The first-order valence-electron chi connectivity index (χ1n) is 5.13. The Kier molecular flexibility index (Phi) is 4.00. The highest BCUT2D eigenvalue weighted by Gasteiger charge is 2.17. The molecule has 0 heterocycles. The highest BCUT2D eigenvalue weighted by atomic mass is 32.2. The van der Waals surface area contributed by atoms with Crippen LogP contribution >= 0.6 is 0 Å². The second-order valence-electron chi connectivity index (χ2n) is 4.05. The predicted octanol–water partition coefficient (Wildman–Crippen LogP) is 1.53. The van der Waals surface area contributed by atoms with Gasteiger partial charge in [0, 0.05) is 14.1 Å². The number of nitrogens with one attached hydrogen (secondary N) is 1. The maximum atomic E-state index is 11.7. The number of aryl methyl sites for hydroxylation is 2. The van der Waals surface area contributed by atoms with Gasteiger partial charge in [-0.25, -0.2) is 0 Å². The third-order valence-electron chi connectivity index (χ3n) is 2.34. The van der Waals surface area contributed by atoms with Crippen molar-refractivity contribution in [2.24, 2.45) is 0 Å². The number of nitrogens with zero attached hydrogens (tertiary/aromatic N) is 1. The molecule has 0 bridgehead atoms. The van der Waals surface area contributed by atoms with Gasteiger partial charge in [-0.05, 0) is 31.0 Å². The first kappa shape index (κ1) is 13.8. The molecule has 0 radical (unpaired) electrons. The minimum atomic E-state index is -3.51. The molecule has 1 aromatic carbocycles. The third-order valence-corrected chi connectivity index (χ3v) is 3.78. The van der Waals surface area contributed by atoms with Crippen LogP contribution in [0.5, 0.6) is 5.75 Å². The molecule has 0 aliphatic carbocycles. The van der Waals surface area contributed by atoms with Gasteiger partial charge in [-0.3, -0.25) is 4.72 Å². The Bertz CT molecular complexity index is 510. The molecule has 5 nitrogen and oxygen atoms in total. The SMILES string of the molecule is COc1c(C)cc(C)cc1NS(=O)(=O)N(C)C. The Morgan fingerprint density at radius 2 is 1.82 bits per heavy atom. The van der Waals surface area contributed by atoms with Crippen LogP contribution in [0.4, 0.5) is 5.69 Å². The Morgan fingerprint density at radius 1 is 1.24 bits per heavy atom. The zero-order valence-electron chi connectivity index (χ0n) is 10.7. The minimum absolute atomic E-state index is 0.457. The molecule has 1 N–H and O–H groups in total.